The first-order valence-electron chi connectivity index (χ1n) is 6.27. The van der Waals surface area contributed by atoms with E-state index in [0.29, 0.717) is 5.92 Å². The van der Waals surface area contributed by atoms with Gasteiger partial charge in [0.2, 0.25) is 5.95 Å². The van der Waals surface area contributed by atoms with E-state index in [4.69, 9.17) is 11.6 Å². The molecule has 2 rings (SSSR count). The molecule has 1 aliphatic rings. The molecule has 0 aromatic carbocycles. The van der Waals surface area contributed by atoms with Crippen LogP contribution in [0.3, 0.4) is 0 Å². The first-order valence-corrected chi connectivity index (χ1v) is 6.71. The lowest BCUT2D eigenvalue weighted by atomic mass is 9.94. The lowest BCUT2D eigenvalue weighted by Crippen LogP contribution is -2.37. The first kappa shape index (κ1) is 12.6. The van der Waals surface area contributed by atoms with Gasteiger partial charge in [0.1, 0.15) is 0 Å². The largest absolute Gasteiger partial charge is 0.341 e. The molecule has 1 atom stereocenters. The number of hydrogen-bond acceptors (Lipinski definition) is 3. The number of aryl methyl sites for hydroxylation is 2. The molecule has 2 heterocycles. The van der Waals surface area contributed by atoms with Gasteiger partial charge in [-0.1, -0.05) is 0 Å². The Morgan fingerprint density at radius 1 is 1.24 bits per heavy atom. The van der Waals surface area contributed by atoms with E-state index in [-0.39, 0.29) is 5.38 Å². The lowest BCUT2D eigenvalue weighted by molar-refractivity contribution is 0.397. The van der Waals surface area contributed by atoms with Crippen molar-refractivity contribution < 1.29 is 0 Å². The summed E-state index contributed by atoms with van der Waals surface area (Å²) in [4.78, 5) is 11.3. The van der Waals surface area contributed by atoms with Crippen molar-refractivity contribution in [1.82, 2.24) is 9.97 Å². The van der Waals surface area contributed by atoms with Gasteiger partial charge < -0.3 is 4.90 Å². The van der Waals surface area contributed by atoms with Crippen molar-refractivity contribution in [3.05, 3.63) is 17.5 Å². The average Bonchev–Trinajstić information content (AvgIpc) is 2.28. The fourth-order valence-corrected chi connectivity index (χ4v) is 2.66. The Morgan fingerprint density at radius 3 is 2.24 bits per heavy atom. The molecule has 1 saturated heterocycles. The molecule has 4 heteroatoms. The highest BCUT2D eigenvalue weighted by Gasteiger charge is 2.24. The smallest absolute Gasteiger partial charge is 0.225 e. The van der Waals surface area contributed by atoms with Crippen LogP contribution in [0.2, 0.25) is 0 Å². The van der Waals surface area contributed by atoms with Gasteiger partial charge >= 0.3 is 0 Å². The standard InChI is InChI=1S/C13H20ClN3/c1-9-8-10(2)16-13(15-9)17-6-4-12(5-7-17)11(3)14/h8,11-12H,4-7H2,1-3H3. The van der Waals surface area contributed by atoms with Crippen LogP contribution in [0.1, 0.15) is 31.2 Å². The number of halogens is 1. The molecule has 1 unspecified atom stereocenters. The Morgan fingerprint density at radius 2 is 1.76 bits per heavy atom. The number of nitrogens with zero attached hydrogens (tertiary/aromatic N) is 3. The molecule has 0 aliphatic carbocycles. The highest BCUT2D eigenvalue weighted by atomic mass is 35.5. The molecule has 1 aromatic rings. The van der Waals surface area contributed by atoms with Crippen molar-refractivity contribution in [2.75, 3.05) is 18.0 Å². The Labute approximate surface area is 108 Å². The number of aromatic nitrogens is 2. The van der Waals surface area contributed by atoms with E-state index in [1.165, 1.54) is 0 Å². The minimum Gasteiger partial charge on any atom is -0.341 e. The van der Waals surface area contributed by atoms with E-state index < -0.39 is 0 Å². The molecule has 0 spiro atoms. The van der Waals surface area contributed by atoms with Crippen LogP contribution in [0.5, 0.6) is 0 Å². The van der Waals surface area contributed by atoms with Crippen molar-refractivity contribution in [2.45, 2.75) is 39.0 Å². The molecule has 0 amide bonds. The van der Waals surface area contributed by atoms with Crippen molar-refractivity contribution in [1.29, 1.82) is 0 Å². The number of piperidine rings is 1. The van der Waals surface area contributed by atoms with Crippen LogP contribution < -0.4 is 4.90 Å². The monoisotopic (exact) mass is 253 g/mol. The third kappa shape index (κ3) is 3.09. The van der Waals surface area contributed by atoms with Gasteiger partial charge in [0.25, 0.3) is 0 Å². The Hall–Kier alpha value is -0.830. The maximum Gasteiger partial charge on any atom is 0.225 e. The maximum absolute atomic E-state index is 6.15. The summed E-state index contributed by atoms with van der Waals surface area (Å²) in [5.41, 5.74) is 2.08. The summed E-state index contributed by atoms with van der Waals surface area (Å²) < 4.78 is 0. The predicted octanol–water partition coefficient (Wildman–Crippen LogP) is 2.94. The molecular weight excluding hydrogens is 234 g/mol. The van der Waals surface area contributed by atoms with Gasteiger partial charge in [-0.15, -0.1) is 11.6 Å². The van der Waals surface area contributed by atoms with Crippen LogP contribution in [-0.2, 0) is 0 Å². The maximum atomic E-state index is 6.15. The van der Waals surface area contributed by atoms with Crippen molar-refractivity contribution >= 4 is 17.5 Å². The van der Waals surface area contributed by atoms with E-state index >= 15 is 0 Å². The van der Waals surface area contributed by atoms with Gasteiger partial charge in [0.05, 0.1) is 0 Å². The van der Waals surface area contributed by atoms with Gasteiger partial charge in [-0.25, -0.2) is 9.97 Å². The predicted molar refractivity (Wildman–Crippen MR) is 71.8 cm³/mol. The Bertz CT molecular complexity index is 364. The zero-order valence-corrected chi connectivity index (χ0v) is 11.5. The highest BCUT2D eigenvalue weighted by Crippen LogP contribution is 2.25. The van der Waals surface area contributed by atoms with E-state index in [1.54, 1.807) is 0 Å². The SMILES string of the molecule is Cc1cc(C)nc(N2CCC(C(C)Cl)CC2)n1. The van der Waals surface area contributed by atoms with Crippen molar-refractivity contribution in [3.63, 3.8) is 0 Å². The highest BCUT2D eigenvalue weighted by molar-refractivity contribution is 6.20. The Kier molecular flexibility index (Phi) is 3.87. The normalized spacial score (nSPS) is 19.4. The molecule has 1 fully saturated rings. The summed E-state index contributed by atoms with van der Waals surface area (Å²) in [5.74, 6) is 1.52. The molecule has 1 aliphatic heterocycles. The van der Waals surface area contributed by atoms with Crippen molar-refractivity contribution in [2.24, 2.45) is 5.92 Å². The second kappa shape index (κ2) is 5.21. The lowest BCUT2D eigenvalue weighted by Gasteiger charge is -2.33. The van der Waals surface area contributed by atoms with Gasteiger partial charge in [0, 0.05) is 29.9 Å². The molecular formula is C13H20ClN3. The van der Waals surface area contributed by atoms with Crippen LogP contribution in [0, 0.1) is 19.8 Å². The van der Waals surface area contributed by atoms with Crippen LogP contribution in [0.25, 0.3) is 0 Å². The summed E-state index contributed by atoms with van der Waals surface area (Å²) in [5, 5.41) is 0.275. The summed E-state index contributed by atoms with van der Waals surface area (Å²) in [6.45, 7) is 8.17. The fraction of sp³-hybridized carbons (Fsp3) is 0.692. The minimum absolute atomic E-state index is 0.275. The Balaban J connectivity index is 2.05. The zero-order valence-electron chi connectivity index (χ0n) is 10.8. The summed E-state index contributed by atoms with van der Waals surface area (Å²) >= 11 is 6.15. The quantitative estimate of drug-likeness (QED) is 0.759. The van der Waals surface area contributed by atoms with E-state index in [0.717, 1.165) is 43.3 Å². The minimum atomic E-state index is 0.275. The van der Waals surface area contributed by atoms with Crippen LogP contribution in [-0.4, -0.2) is 28.4 Å². The van der Waals surface area contributed by atoms with Crippen LogP contribution in [0.4, 0.5) is 5.95 Å². The van der Waals surface area contributed by atoms with E-state index in [9.17, 15) is 0 Å². The fourth-order valence-electron chi connectivity index (χ4n) is 2.41. The topological polar surface area (TPSA) is 29.0 Å². The second-order valence-corrected chi connectivity index (χ2v) is 5.64. The number of anilines is 1. The van der Waals surface area contributed by atoms with Crippen LogP contribution >= 0.6 is 11.6 Å². The number of alkyl halides is 1. The average molecular weight is 254 g/mol. The van der Waals surface area contributed by atoms with E-state index in [2.05, 4.69) is 21.8 Å². The van der Waals surface area contributed by atoms with E-state index in [1.807, 2.05) is 19.9 Å². The zero-order chi connectivity index (χ0) is 12.4. The second-order valence-electron chi connectivity index (χ2n) is 4.95. The summed E-state index contributed by atoms with van der Waals surface area (Å²) in [7, 11) is 0. The molecule has 3 nitrogen and oxygen atoms in total. The van der Waals surface area contributed by atoms with Gasteiger partial charge in [-0.3, -0.25) is 0 Å². The molecule has 17 heavy (non-hydrogen) atoms. The van der Waals surface area contributed by atoms with Gasteiger partial charge in [-0.05, 0) is 45.6 Å². The molecule has 0 radical (unpaired) electrons. The molecule has 0 N–H and O–H groups in total. The van der Waals surface area contributed by atoms with Gasteiger partial charge in [0.15, 0.2) is 0 Å². The molecule has 0 bridgehead atoms. The summed E-state index contributed by atoms with van der Waals surface area (Å²) in [6.07, 6.45) is 2.28. The third-order valence-electron chi connectivity index (χ3n) is 3.44. The summed E-state index contributed by atoms with van der Waals surface area (Å²) in [6, 6.07) is 2.01. The molecule has 94 valence electrons. The van der Waals surface area contributed by atoms with Crippen LogP contribution in [0.15, 0.2) is 6.07 Å². The first-order chi connectivity index (χ1) is 8.06. The van der Waals surface area contributed by atoms with Gasteiger partial charge in [-0.2, -0.15) is 0 Å². The number of rotatable bonds is 2. The molecule has 0 saturated carbocycles. The molecule has 1 aromatic heterocycles. The van der Waals surface area contributed by atoms with Crippen molar-refractivity contribution in [3.8, 4) is 0 Å². The third-order valence-corrected chi connectivity index (χ3v) is 3.80. The number of hydrogen-bond donors (Lipinski definition) is 0.